The standard InChI is InChI=1S/C47H30N2/c1-3-11-31(12-4-1)35-22-27-44-41(29-35)42-30-36(32-13-5-2-6-14-32)23-28-45(42)49(44)37-24-19-34(20-25-37)47-40-26-21-33-15-7-8-16-38(33)46(40)39-17-9-10-18-43(39)48-47/h1-30H. The normalized spacial score (nSPS) is 11.7. The Bertz CT molecular complexity index is 2740. The van der Waals surface area contributed by atoms with Crippen molar-refractivity contribution in [1.29, 1.82) is 0 Å². The first kappa shape index (κ1) is 27.6. The van der Waals surface area contributed by atoms with Crippen molar-refractivity contribution in [2.24, 2.45) is 0 Å². The molecule has 2 nitrogen and oxygen atoms in total. The molecule has 0 radical (unpaired) electrons. The van der Waals surface area contributed by atoms with Gasteiger partial charge in [0.1, 0.15) is 0 Å². The van der Waals surface area contributed by atoms with Crippen LogP contribution < -0.4 is 0 Å². The van der Waals surface area contributed by atoms with Crippen LogP contribution in [0, 0.1) is 0 Å². The highest BCUT2D eigenvalue weighted by molar-refractivity contribution is 6.22. The summed E-state index contributed by atoms with van der Waals surface area (Å²) >= 11 is 0. The predicted octanol–water partition coefficient (Wildman–Crippen LogP) is 12.6. The highest BCUT2D eigenvalue weighted by Crippen LogP contribution is 2.39. The summed E-state index contributed by atoms with van der Waals surface area (Å²) in [7, 11) is 0. The Morgan fingerprint density at radius 3 is 1.55 bits per heavy atom. The van der Waals surface area contributed by atoms with Gasteiger partial charge in [-0.3, -0.25) is 0 Å². The smallest absolute Gasteiger partial charge is 0.0788 e. The molecule has 49 heavy (non-hydrogen) atoms. The third-order valence-corrected chi connectivity index (χ3v) is 9.97. The molecule has 0 atom stereocenters. The fourth-order valence-electron chi connectivity index (χ4n) is 7.63. The predicted molar refractivity (Wildman–Crippen MR) is 207 cm³/mol. The molecule has 0 bridgehead atoms. The van der Waals surface area contributed by atoms with Crippen LogP contribution in [-0.4, -0.2) is 9.55 Å². The number of aromatic nitrogens is 2. The van der Waals surface area contributed by atoms with E-state index in [1.165, 1.54) is 71.0 Å². The molecule has 0 aliphatic rings. The third kappa shape index (κ3) is 4.46. The fourth-order valence-corrected chi connectivity index (χ4v) is 7.63. The zero-order valence-electron chi connectivity index (χ0n) is 26.7. The first-order valence-corrected chi connectivity index (χ1v) is 16.8. The molecule has 0 amide bonds. The van der Waals surface area contributed by atoms with E-state index >= 15 is 0 Å². The molecule has 0 spiro atoms. The maximum atomic E-state index is 5.24. The SMILES string of the molecule is c1ccc(-c2ccc3c(c2)c2cc(-c4ccccc4)ccc2n3-c2ccc(-c3nc4ccccc4c4c3ccc3ccccc34)cc2)cc1. The second-order valence-corrected chi connectivity index (χ2v) is 12.8. The van der Waals surface area contributed by atoms with Crippen molar-refractivity contribution in [2.45, 2.75) is 0 Å². The van der Waals surface area contributed by atoms with E-state index in [1.54, 1.807) is 0 Å². The van der Waals surface area contributed by atoms with Crippen LogP contribution in [0.4, 0.5) is 0 Å². The van der Waals surface area contributed by atoms with E-state index in [0.717, 1.165) is 22.5 Å². The van der Waals surface area contributed by atoms with Gasteiger partial charge >= 0.3 is 0 Å². The Balaban J connectivity index is 1.17. The van der Waals surface area contributed by atoms with E-state index in [-0.39, 0.29) is 0 Å². The zero-order valence-corrected chi connectivity index (χ0v) is 26.7. The number of rotatable bonds is 4. The first-order chi connectivity index (χ1) is 24.3. The molecular formula is C47H30N2. The molecule has 10 rings (SSSR count). The number of nitrogens with zero attached hydrogens (tertiary/aromatic N) is 2. The van der Waals surface area contributed by atoms with E-state index < -0.39 is 0 Å². The third-order valence-electron chi connectivity index (χ3n) is 9.97. The van der Waals surface area contributed by atoms with Gasteiger partial charge in [0.05, 0.1) is 22.2 Å². The zero-order chi connectivity index (χ0) is 32.3. The van der Waals surface area contributed by atoms with Crippen LogP contribution in [0.3, 0.4) is 0 Å². The minimum absolute atomic E-state index is 1.01. The molecule has 0 unspecified atom stereocenters. The van der Waals surface area contributed by atoms with Crippen LogP contribution in [-0.2, 0) is 0 Å². The van der Waals surface area contributed by atoms with Crippen LogP contribution in [0.1, 0.15) is 0 Å². The van der Waals surface area contributed by atoms with E-state index in [2.05, 4.69) is 187 Å². The van der Waals surface area contributed by atoms with Crippen molar-refractivity contribution >= 4 is 54.3 Å². The van der Waals surface area contributed by atoms with Crippen LogP contribution in [0.2, 0.25) is 0 Å². The van der Waals surface area contributed by atoms with Crippen LogP contribution in [0.5, 0.6) is 0 Å². The summed E-state index contributed by atoms with van der Waals surface area (Å²) in [6.45, 7) is 0. The van der Waals surface area contributed by atoms with Gasteiger partial charge in [0.25, 0.3) is 0 Å². The molecule has 2 heterocycles. The minimum Gasteiger partial charge on any atom is -0.309 e. The quantitative estimate of drug-likeness (QED) is 0.179. The summed E-state index contributed by atoms with van der Waals surface area (Å²) in [5.74, 6) is 0. The number of pyridine rings is 1. The van der Waals surface area contributed by atoms with Crippen molar-refractivity contribution in [2.75, 3.05) is 0 Å². The molecular weight excluding hydrogens is 593 g/mol. The molecule has 0 N–H and O–H groups in total. The highest BCUT2D eigenvalue weighted by atomic mass is 15.0. The lowest BCUT2D eigenvalue weighted by Gasteiger charge is -2.14. The Morgan fingerprint density at radius 1 is 0.347 bits per heavy atom. The molecule has 228 valence electrons. The molecule has 0 saturated carbocycles. The van der Waals surface area contributed by atoms with Crippen molar-refractivity contribution in [3.63, 3.8) is 0 Å². The monoisotopic (exact) mass is 622 g/mol. The van der Waals surface area contributed by atoms with E-state index in [4.69, 9.17) is 4.98 Å². The van der Waals surface area contributed by atoms with Gasteiger partial charge in [0, 0.05) is 38.2 Å². The topological polar surface area (TPSA) is 17.8 Å². The number of para-hydroxylation sites is 1. The van der Waals surface area contributed by atoms with Gasteiger partial charge in [0.2, 0.25) is 0 Å². The fraction of sp³-hybridized carbons (Fsp3) is 0. The van der Waals surface area contributed by atoms with Gasteiger partial charge in [-0.05, 0) is 75.5 Å². The number of benzene rings is 8. The number of hydrogen-bond donors (Lipinski definition) is 0. The van der Waals surface area contributed by atoms with Crippen LogP contribution in [0.15, 0.2) is 182 Å². The van der Waals surface area contributed by atoms with Gasteiger partial charge < -0.3 is 4.57 Å². The summed E-state index contributed by atoms with van der Waals surface area (Å²) in [6, 6.07) is 65.6. The summed E-state index contributed by atoms with van der Waals surface area (Å²) in [5.41, 5.74) is 11.5. The van der Waals surface area contributed by atoms with E-state index in [9.17, 15) is 0 Å². The van der Waals surface area contributed by atoms with Crippen molar-refractivity contribution in [1.82, 2.24) is 9.55 Å². The maximum Gasteiger partial charge on any atom is 0.0788 e. The second-order valence-electron chi connectivity index (χ2n) is 12.8. The number of hydrogen-bond acceptors (Lipinski definition) is 1. The molecule has 2 heteroatoms. The van der Waals surface area contributed by atoms with Gasteiger partial charge in [-0.1, -0.05) is 140 Å². The van der Waals surface area contributed by atoms with Crippen molar-refractivity contribution in [3.05, 3.63) is 182 Å². The van der Waals surface area contributed by atoms with E-state index in [1.807, 2.05) is 0 Å². The molecule has 0 saturated heterocycles. The van der Waals surface area contributed by atoms with E-state index in [0.29, 0.717) is 0 Å². The van der Waals surface area contributed by atoms with Gasteiger partial charge in [-0.25, -0.2) is 4.98 Å². The van der Waals surface area contributed by atoms with Crippen molar-refractivity contribution in [3.8, 4) is 39.2 Å². The van der Waals surface area contributed by atoms with Crippen molar-refractivity contribution < 1.29 is 0 Å². The molecule has 8 aromatic carbocycles. The maximum absolute atomic E-state index is 5.24. The lowest BCUT2D eigenvalue weighted by molar-refractivity contribution is 1.18. The summed E-state index contributed by atoms with van der Waals surface area (Å²) in [6.07, 6.45) is 0. The molecule has 10 aromatic rings. The largest absolute Gasteiger partial charge is 0.309 e. The van der Waals surface area contributed by atoms with Gasteiger partial charge in [0.15, 0.2) is 0 Å². The Hall–Kier alpha value is -6.51. The van der Waals surface area contributed by atoms with Gasteiger partial charge in [-0.2, -0.15) is 0 Å². The summed E-state index contributed by atoms with van der Waals surface area (Å²) in [5, 5.41) is 8.60. The molecule has 0 fully saturated rings. The Morgan fingerprint density at radius 2 is 0.898 bits per heavy atom. The summed E-state index contributed by atoms with van der Waals surface area (Å²) < 4.78 is 2.40. The Kier molecular flexibility index (Phi) is 6.22. The Labute approximate surface area is 284 Å². The van der Waals surface area contributed by atoms with Crippen LogP contribution in [0.25, 0.3) is 93.5 Å². The second kappa shape index (κ2) is 11.0. The number of fused-ring (bicyclic) bond motifs is 8. The minimum atomic E-state index is 1.01. The molecule has 0 aliphatic heterocycles. The van der Waals surface area contributed by atoms with Gasteiger partial charge in [-0.15, -0.1) is 0 Å². The lowest BCUT2D eigenvalue weighted by atomic mass is 9.95. The average molecular weight is 623 g/mol. The highest BCUT2D eigenvalue weighted by Gasteiger charge is 2.17. The summed E-state index contributed by atoms with van der Waals surface area (Å²) in [4.78, 5) is 5.24. The lowest BCUT2D eigenvalue weighted by Crippen LogP contribution is -1.95. The molecule has 2 aromatic heterocycles. The van der Waals surface area contributed by atoms with Crippen LogP contribution >= 0.6 is 0 Å². The molecule has 0 aliphatic carbocycles. The first-order valence-electron chi connectivity index (χ1n) is 16.8. The average Bonchev–Trinajstić information content (AvgIpc) is 3.51.